The average Bonchev–Trinajstić information content (AvgIpc) is 2.69. The van der Waals surface area contributed by atoms with E-state index < -0.39 is 0 Å². The largest absolute Gasteiger partial charge is 0.495 e. The van der Waals surface area contributed by atoms with Crippen molar-refractivity contribution >= 4 is 16.7 Å². The summed E-state index contributed by atoms with van der Waals surface area (Å²) in [6, 6.07) is 15.0. The van der Waals surface area contributed by atoms with Crippen molar-refractivity contribution in [2.75, 3.05) is 31.6 Å². The SMILES string of the molecule is COc1ccccc1N1CCN(Cc2cccc3nccnc23)C(C)C1. The molecule has 0 amide bonds. The van der Waals surface area contributed by atoms with Crippen LogP contribution in [0.15, 0.2) is 54.9 Å². The minimum atomic E-state index is 0.445. The Hall–Kier alpha value is -2.66. The molecule has 4 rings (SSSR count). The van der Waals surface area contributed by atoms with E-state index in [0.29, 0.717) is 6.04 Å². The number of hydrogen-bond acceptors (Lipinski definition) is 5. The van der Waals surface area contributed by atoms with Crippen molar-refractivity contribution in [3.8, 4) is 5.75 Å². The Balaban J connectivity index is 1.51. The topological polar surface area (TPSA) is 41.5 Å². The number of methoxy groups -OCH3 is 1. The highest BCUT2D eigenvalue weighted by molar-refractivity contribution is 5.77. The average molecular weight is 348 g/mol. The fourth-order valence-corrected chi connectivity index (χ4v) is 3.74. The zero-order valence-corrected chi connectivity index (χ0v) is 15.3. The summed E-state index contributed by atoms with van der Waals surface area (Å²) in [6.45, 7) is 6.17. The maximum absolute atomic E-state index is 5.53. The molecule has 0 aliphatic carbocycles. The van der Waals surface area contributed by atoms with Crippen LogP contribution in [0.1, 0.15) is 12.5 Å². The molecule has 1 fully saturated rings. The lowest BCUT2D eigenvalue weighted by Crippen LogP contribution is -2.51. The first-order valence-corrected chi connectivity index (χ1v) is 9.07. The molecule has 1 saturated heterocycles. The number of hydrogen-bond donors (Lipinski definition) is 0. The molecule has 26 heavy (non-hydrogen) atoms. The van der Waals surface area contributed by atoms with Crippen LogP contribution in [0.3, 0.4) is 0 Å². The van der Waals surface area contributed by atoms with Crippen molar-refractivity contribution in [1.82, 2.24) is 14.9 Å². The number of nitrogens with zero attached hydrogens (tertiary/aromatic N) is 4. The molecule has 0 spiro atoms. The van der Waals surface area contributed by atoms with Crippen LogP contribution in [0, 0.1) is 0 Å². The number of piperazine rings is 1. The molecule has 0 bridgehead atoms. The van der Waals surface area contributed by atoms with E-state index >= 15 is 0 Å². The quantitative estimate of drug-likeness (QED) is 0.723. The van der Waals surface area contributed by atoms with Crippen LogP contribution < -0.4 is 9.64 Å². The first kappa shape index (κ1) is 16.8. The van der Waals surface area contributed by atoms with Crippen LogP contribution in [-0.4, -0.2) is 47.7 Å². The smallest absolute Gasteiger partial charge is 0.142 e. The number of ether oxygens (including phenoxy) is 1. The molecule has 1 aliphatic heterocycles. The van der Waals surface area contributed by atoms with Crippen molar-refractivity contribution in [3.05, 3.63) is 60.4 Å². The van der Waals surface area contributed by atoms with Gasteiger partial charge >= 0.3 is 0 Å². The van der Waals surface area contributed by atoms with Gasteiger partial charge < -0.3 is 9.64 Å². The van der Waals surface area contributed by atoms with Crippen molar-refractivity contribution < 1.29 is 4.74 Å². The Morgan fingerprint density at radius 2 is 1.88 bits per heavy atom. The molecule has 0 radical (unpaired) electrons. The summed E-state index contributed by atoms with van der Waals surface area (Å²) in [5, 5.41) is 0. The summed E-state index contributed by atoms with van der Waals surface area (Å²) in [4.78, 5) is 13.9. The summed E-state index contributed by atoms with van der Waals surface area (Å²) in [5.74, 6) is 0.942. The number of anilines is 1. The summed E-state index contributed by atoms with van der Waals surface area (Å²) in [7, 11) is 1.74. The summed E-state index contributed by atoms with van der Waals surface area (Å²) < 4.78 is 5.53. The number of rotatable bonds is 4. The molecular weight excluding hydrogens is 324 g/mol. The third-order valence-corrected chi connectivity index (χ3v) is 5.15. The predicted octanol–water partition coefficient (Wildman–Crippen LogP) is 3.35. The zero-order chi connectivity index (χ0) is 17.9. The number of benzene rings is 2. The van der Waals surface area contributed by atoms with E-state index in [1.165, 1.54) is 11.3 Å². The van der Waals surface area contributed by atoms with Crippen LogP contribution >= 0.6 is 0 Å². The second-order valence-corrected chi connectivity index (χ2v) is 6.78. The molecule has 5 nitrogen and oxygen atoms in total. The first-order valence-electron chi connectivity index (χ1n) is 9.07. The van der Waals surface area contributed by atoms with E-state index in [1.807, 2.05) is 18.2 Å². The minimum Gasteiger partial charge on any atom is -0.495 e. The number of para-hydroxylation sites is 3. The van der Waals surface area contributed by atoms with Gasteiger partial charge in [-0.1, -0.05) is 24.3 Å². The van der Waals surface area contributed by atoms with Gasteiger partial charge in [0.1, 0.15) is 5.75 Å². The van der Waals surface area contributed by atoms with Crippen LogP contribution in [0.4, 0.5) is 5.69 Å². The lowest BCUT2D eigenvalue weighted by molar-refractivity contribution is 0.181. The highest BCUT2D eigenvalue weighted by atomic mass is 16.5. The van der Waals surface area contributed by atoms with E-state index in [9.17, 15) is 0 Å². The van der Waals surface area contributed by atoms with Gasteiger partial charge in [0.15, 0.2) is 0 Å². The summed E-state index contributed by atoms with van der Waals surface area (Å²) in [6.07, 6.45) is 3.52. The van der Waals surface area contributed by atoms with Crippen LogP contribution in [-0.2, 0) is 6.54 Å². The Morgan fingerprint density at radius 3 is 2.73 bits per heavy atom. The van der Waals surface area contributed by atoms with Crippen molar-refractivity contribution in [1.29, 1.82) is 0 Å². The van der Waals surface area contributed by atoms with Gasteiger partial charge in [0.05, 0.1) is 23.8 Å². The van der Waals surface area contributed by atoms with Gasteiger partial charge in [-0.2, -0.15) is 0 Å². The van der Waals surface area contributed by atoms with E-state index in [1.54, 1.807) is 19.5 Å². The minimum absolute atomic E-state index is 0.445. The highest BCUT2D eigenvalue weighted by Crippen LogP contribution is 2.30. The van der Waals surface area contributed by atoms with Crippen LogP contribution in [0.25, 0.3) is 11.0 Å². The zero-order valence-electron chi connectivity index (χ0n) is 15.3. The lowest BCUT2D eigenvalue weighted by atomic mass is 10.1. The molecule has 1 aliphatic rings. The van der Waals surface area contributed by atoms with Gasteiger partial charge in [0.2, 0.25) is 0 Å². The molecule has 2 aromatic carbocycles. The normalized spacial score (nSPS) is 18.2. The van der Waals surface area contributed by atoms with Gasteiger partial charge in [-0.05, 0) is 30.7 Å². The molecule has 134 valence electrons. The predicted molar refractivity (Wildman–Crippen MR) is 105 cm³/mol. The third kappa shape index (κ3) is 3.22. The molecule has 1 unspecified atom stereocenters. The molecule has 0 saturated carbocycles. The van der Waals surface area contributed by atoms with E-state index in [-0.39, 0.29) is 0 Å². The molecular formula is C21H24N4O. The molecule has 1 atom stereocenters. The molecule has 5 heteroatoms. The Kier molecular flexibility index (Phi) is 4.71. The molecule has 0 N–H and O–H groups in total. The number of fused-ring (bicyclic) bond motifs is 1. The van der Waals surface area contributed by atoms with Crippen molar-refractivity contribution in [3.63, 3.8) is 0 Å². The Bertz CT molecular complexity index is 893. The van der Waals surface area contributed by atoms with Crippen molar-refractivity contribution in [2.24, 2.45) is 0 Å². The Morgan fingerprint density at radius 1 is 1.04 bits per heavy atom. The van der Waals surface area contributed by atoms with E-state index in [0.717, 1.165) is 43.0 Å². The molecule has 3 aromatic rings. The third-order valence-electron chi connectivity index (χ3n) is 5.15. The summed E-state index contributed by atoms with van der Waals surface area (Å²) >= 11 is 0. The molecule has 1 aromatic heterocycles. The second-order valence-electron chi connectivity index (χ2n) is 6.78. The fourth-order valence-electron chi connectivity index (χ4n) is 3.74. The van der Waals surface area contributed by atoms with Crippen LogP contribution in [0.2, 0.25) is 0 Å². The van der Waals surface area contributed by atoms with E-state index in [2.05, 4.69) is 51.0 Å². The number of aromatic nitrogens is 2. The van der Waals surface area contributed by atoms with Gasteiger partial charge in [-0.3, -0.25) is 14.9 Å². The van der Waals surface area contributed by atoms with Gasteiger partial charge in [0.25, 0.3) is 0 Å². The summed E-state index contributed by atoms with van der Waals surface area (Å²) in [5.41, 5.74) is 4.39. The maximum Gasteiger partial charge on any atom is 0.142 e. The fraction of sp³-hybridized carbons (Fsp3) is 0.333. The Labute approximate surface area is 154 Å². The van der Waals surface area contributed by atoms with Crippen molar-refractivity contribution in [2.45, 2.75) is 19.5 Å². The van der Waals surface area contributed by atoms with Crippen LogP contribution in [0.5, 0.6) is 5.75 Å². The van der Waals surface area contributed by atoms with Gasteiger partial charge in [-0.15, -0.1) is 0 Å². The second kappa shape index (κ2) is 7.30. The maximum atomic E-state index is 5.53. The molecule has 2 heterocycles. The highest BCUT2D eigenvalue weighted by Gasteiger charge is 2.25. The van der Waals surface area contributed by atoms with Gasteiger partial charge in [-0.25, -0.2) is 0 Å². The van der Waals surface area contributed by atoms with E-state index in [4.69, 9.17) is 4.74 Å². The first-order chi connectivity index (χ1) is 12.8. The monoisotopic (exact) mass is 348 g/mol. The lowest BCUT2D eigenvalue weighted by Gasteiger charge is -2.41. The standard InChI is InChI=1S/C21H24N4O/c1-16-14-25(19-8-3-4-9-20(19)26-2)13-12-24(16)15-17-6-5-7-18-21(17)23-11-10-22-18/h3-11,16H,12-15H2,1-2H3. The van der Waals surface area contributed by atoms with Gasteiger partial charge in [0, 0.05) is 44.6 Å².